The van der Waals surface area contributed by atoms with Crippen LogP contribution in [-0.4, -0.2) is 115 Å². The second-order valence-electron chi connectivity index (χ2n) is 9.49. The highest BCUT2D eigenvalue weighted by Crippen LogP contribution is 2.59. The first-order valence-electron chi connectivity index (χ1n) is 12.3. The monoisotopic (exact) mass is 632 g/mol. The number of nitrogens with two attached hydrogens (primary N) is 2. The smallest absolute Gasteiger partial charge is 0.282 e. The molecule has 42 heavy (non-hydrogen) atoms. The SMILES string of the molecule is Nc1nc2c(nnn2[C@@H]2O[C@H](CCO)[C@@H](F)[C@H]2P(O)(=S)OC[C@H]2O[C@@H](n3nnc4c(N)ncnc43)[C@@H](F)[C@@H]2O)c(=O)[nH]1. The Morgan fingerprint density at radius 2 is 1.76 bits per heavy atom. The summed E-state index contributed by atoms with van der Waals surface area (Å²) in [6.07, 6.45) is -10.5. The molecule has 19 nitrogen and oxygen atoms in total. The molecule has 0 radical (unpaired) electrons. The minimum Gasteiger partial charge on any atom is -0.396 e. The Bertz CT molecular complexity index is 1740. The van der Waals surface area contributed by atoms with E-state index in [0.29, 0.717) is 0 Å². The van der Waals surface area contributed by atoms with E-state index in [1.54, 1.807) is 0 Å². The van der Waals surface area contributed by atoms with Gasteiger partial charge in [0.15, 0.2) is 53.3 Å². The number of aromatic amines is 1. The van der Waals surface area contributed by atoms with E-state index in [-0.39, 0.29) is 40.5 Å². The fraction of sp³-hybridized carbons (Fsp3) is 0.579. The van der Waals surface area contributed by atoms with E-state index < -0.39 is 74.0 Å². The topological polar surface area (TPSA) is 273 Å². The third-order valence-electron chi connectivity index (χ3n) is 6.92. The van der Waals surface area contributed by atoms with Crippen LogP contribution in [0.15, 0.2) is 11.1 Å². The van der Waals surface area contributed by atoms with Crippen LogP contribution >= 0.6 is 6.49 Å². The number of hydrogen-bond donors (Lipinski definition) is 6. The van der Waals surface area contributed by atoms with E-state index in [1.165, 1.54) is 0 Å². The summed E-state index contributed by atoms with van der Waals surface area (Å²) in [6, 6.07) is 0. The maximum Gasteiger partial charge on any atom is 0.282 e. The Kier molecular flexibility index (Phi) is 7.33. The number of aliphatic hydroxyl groups excluding tert-OH is 2. The standard InChI is InChI=1S/C19H23F2N12O7PS/c20-7-5(1-2-34)39-18(33-15-10(29-31-33)16(36)27-19(23)26-15)12(7)41(37,42)38-3-6-11(35)8(21)17(40-6)32-14-9(28-30-32)13(22)24-4-25-14/h4-8,11-12,17-18,34-35H,1-3H2,(H,37,42)(H2,22,24,25)(H3,23,26,27,36)/t5-,6-,7-,8+,11-,12-,17-,18-,41?/m1/s1. The van der Waals surface area contributed by atoms with Crippen molar-refractivity contribution in [3.8, 4) is 0 Å². The fourth-order valence-corrected chi connectivity index (χ4v) is 7.34. The zero-order valence-electron chi connectivity index (χ0n) is 21.1. The van der Waals surface area contributed by atoms with Crippen molar-refractivity contribution in [1.82, 2.24) is 49.9 Å². The number of nitrogens with one attached hydrogen (secondary N) is 1. The number of nitrogen functional groups attached to an aromatic ring is 2. The molecule has 1 unspecified atom stereocenters. The minimum atomic E-state index is -4.25. The van der Waals surface area contributed by atoms with Crippen LogP contribution in [0.3, 0.4) is 0 Å². The maximum atomic E-state index is 15.7. The number of ether oxygens (including phenoxy) is 2. The molecule has 6 rings (SSSR count). The van der Waals surface area contributed by atoms with Gasteiger partial charge >= 0.3 is 0 Å². The van der Waals surface area contributed by atoms with Crippen LogP contribution < -0.4 is 17.0 Å². The summed E-state index contributed by atoms with van der Waals surface area (Å²) < 4.78 is 49.7. The molecule has 6 heterocycles. The first kappa shape index (κ1) is 28.7. The molecule has 4 aromatic heterocycles. The first-order chi connectivity index (χ1) is 20.0. The van der Waals surface area contributed by atoms with Gasteiger partial charge in [0, 0.05) is 6.61 Å². The Hall–Kier alpha value is -3.37. The molecule has 2 aliphatic rings. The van der Waals surface area contributed by atoms with Crippen molar-refractivity contribution >= 4 is 52.4 Å². The highest BCUT2D eigenvalue weighted by molar-refractivity contribution is 8.09. The summed E-state index contributed by atoms with van der Waals surface area (Å²) in [5.74, 6) is -0.289. The van der Waals surface area contributed by atoms with Crippen LogP contribution in [0.4, 0.5) is 20.5 Å². The van der Waals surface area contributed by atoms with Gasteiger partial charge in [0.2, 0.25) is 5.95 Å². The number of aliphatic hydroxyl groups is 2. The lowest BCUT2D eigenvalue weighted by molar-refractivity contribution is -0.0476. The summed E-state index contributed by atoms with van der Waals surface area (Å²) >= 11 is 5.33. The number of fused-ring (bicyclic) bond motifs is 2. The van der Waals surface area contributed by atoms with Crippen molar-refractivity contribution in [2.24, 2.45) is 0 Å². The van der Waals surface area contributed by atoms with E-state index in [9.17, 15) is 19.9 Å². The van der Waals surface area contributed by atoms with Crippen LogP contribution in [0, 0.1) is 0 Å². The van der Waals surface area contributed by atoms with Gasteiger partial charge in [0.1, 0.15) is 30.4 Å². The summed E-state index contributed by atoms with van der Waals surface area (Å²) in [4.78, 5) is 37.5. The number of anilines is 2. The molecule has 23 heteroatoms. The molecule has 0 saturated carbocycles. The zero-order chi connectivity index (χ0) is 29.9. The molecule has 2 fully saturated rings. The van der Waals surface area contributed by atoms with Gasteiger partial charge in [-0.1, -0.05) is 10.4 Å². The predicted octanol–water partition coefficient (Wildman–Crippen LogP) is -2.18. The molecule has 0 bridgehead atoms. The molecule has 8 N–H and O–H groups in total. The van der Waals surface area contributed by atoms with E-state index >= 15 is 8.78 Å². The van der Waals surface area contributed by atoms with Gasteiger partial charge in [0.05, 0.1) is 12.7 Å². The highest BCUT2D eigenvalue weighted by Gasteiger charge is 2.55. The second kappa shape index (κ2) is 10.7. The molecule has 0 aliphatic carbocycles. The average molecular weight is 633 g/mol. The molecule has 0 aromatic carbocycles. The second-order valence-corrected chi connectivity index (χ2v) is 13.0. The third-order valence-corrected chi connectivity index (χ3v) is 9.78. The summed E-state index contributed by atoms with van der Waals surface area (Å²) in [5, 5.41) is 35.1. The number of hydrogen-bond acceptors (Lipinski definition) is 16. The number of alkyl halides is 2. The molecular weight excluding hydrogens is 609 g/mol. The Morgan fingerprint density at radius 1 is 1.07 bits per heavy atom. The van der Waals surface area contributed by atoms with Gasteiger partial charge in [0.25, 0.3) is 5.56 Å². The lowest BCUT2D eigenvalue weighted by Gasteiger charge is -2.28. The Balaban J connectivity index is 1.25. The summed E-state index contributed by atoms with van der Waals surface area (Å²) in [5.41, 5.74) is 8.75. The quantitative estimate of drug-likeness (QED) is 0.113. The maximum absolute atomic E-state index is 15.7. The lowest BCUT2D eigenvalue weighted by Crippen LogP contribution is -2.34. The lowest BCUT2D eigenvalue weighted by atomic mass is 10.1. The van der Waals surface area contributed by atoms with E-state index in [0.717, 1.165) is 15.7 Å². The molecule has 4 aromatic rings. The van der Waals surface area contributed by atoms with Crippen molar-refractivity contribution in [2.75, 3.05) is 24.7 Å². The zero-order valence-corrected chi connectivity index (χ0v) is 22.8. The van der Waals surface area contributed by atoms with E-state index in [4.69, 9.17) is 37.3 Å². The first-order valence-corrected chi connectivity index (χ1v) is 15.0. The predicted molar refractivity (Wildman–Crippen MR) is 139 cm³/mol. The van der Waals surface area contributed by atoms with E-state index in [2.05, 4.69) is 40.6 Å². The van der Waals surface area contributed by atoms with Crippen molar-refractivity contribution in [1.29, 1.82) is 0 Å². The molecule has 2 saturated heterocycles. The molecule has 9 atom stereocenters. The van der Waals surface area contributed by atoms with Crippen LogP contribution in [0.2, 0.25) is 0 Å². The summed E-state index contributed by atoms with van der Waals surface area (Å²) in [7, 11) is 0. The summed E-state index contributed by atoms with van der Waals surface area (Å²) in [6.45, 7) is -5.38. The number of H-pyrrole nitrogens is 1. The van der Waals surface area contributed by atoms with Gasteiger partial charge in [-0.25, -0.2) is 18.7 Å². The van der Waals surface area contributed by atoms with Crippen LogP contribution in [-0.2, 0) is 25.8 Å². The molecule has 0 amide bonds. The van der Waals surface area contributed by atoms with Crippen molar-refractivity contribution < 1.29 is 37.9 Å². The van der Waals surface area contributed by atoms with Crippen molar-refractivity contribution in [3.05, 3.63) is 16.7 Å². The van der Waals surface area contributed by atoms with Crippen molar-refractivity contribution in [3.63, 3.8) is 0 Å². The normalized spacial score (nSPS) is 31.3. The molecule has 0 spiro atoms. The van der Waals surface area contributed by atoms with Crippen LogP contribution in [0.25, 0.3) is 22.3 Å². The van der Waals surface area contributed by atoms with Gasteiger partial charge in [-0.15, -0.1) is 10.2 Å². The molecular formula is C19H23F2N12O7PS. The van der Waals surface area contributed by atoms with Gasteiger partial charge in [-0.3, -0.25) is 9.78 Å². The third kappa shape index (κ3) is 4.68. The van der Waals surface area contributed by atoms with Gasteiger partial charge in [-0.2, -0.15) is 14.3 Å². The van der Waals surface area contributed by atoms with Crippen LogP contribution in [0.5, 0.6) is 0 Å². The number of rotatable bonds is 8. The Morgan fingerprint density at radius 3 is 2.50 bits per heavy atom. The number of aromatic nitrogens is 10. The average Bonchev–Trinajstić information content (AvgIpc) is 3.69. The molecule has 226 valence electrons. The molecule has 2 aliphatic heterocycles. The van der Waals surface area contributed by atoms with Gasteiger partial charge < -0.3 is 40.6 Å². The van der Waals surface area contributed by atoms with Crippen LogP contribution in [0.1, 0.15) is 18.9 Å². The highest BCUT2D eigenvalue weighted by atomic mass is 32.5. The van der Waals surface area contributed by atoms with E-state index in [1.807, 2.05) is 0 Å². The fourth-order valence-electron chi connectivity index (χ4n) is 4.90. The van der Waals surface area contributed by atoms with Gasteiger partial charge in [-0.05, 0) is 18.2 Å². The number of nitrogens with zero attached hydrogens (tertiary/aromatic N) is 9. The number of halogens is 2. The minimum absolute atomic E-state index is 0.00247. The largest absolute Gasteiger partial charge is 0.396 e. The Labute approximate surface area is 237 Å². The van der Waals surface area contributed by atoms with Crippen molar-refractivity contribution in [2.45, 2.75) is 55.2 Å².